The second-order valence-corrected chi connectivity index (χ2v) is 1.63. The van der Waals surface area contributed by atoms with Crippen LogP contribution in [-0.2, 0) is 8.67 Å². The molecule has 0 bridgehead atoms. The molecule has 1 fully saturated rings. The van der Waals surface area contributed by atoms with Crippen molar-refractivity contribution < 1.29 is 8.67 Å². The van der Waals surface area contributed by atoms with Gasteiger partial charge in [-0.2, -0.15) is 0 Å². The van der Waals surface area contributed by atoms with Crippen molar-refractivity contribution in [3.05, 3.63) is 0 Å². The maximum atomic E-state index is 4.10. The van der Waals surface area contributed by atoms with Gasteiger partial charge in [0.1, 0.15) is 22.1 Å². The van der Waals surface area contributed by atoms with Crippen LogP contribution in [0, 0.1) is 0 Å². The predicted octanol–water partition coefficient (Wildman–Crippen LogP) is 0.779. The van der Waals surface area contributed by atoms with Gasteiger partial charge in [0.05, 0.1) is 0 Å². The van der Waals surface area contributed by atoms with Crippen molar-refractivity contribution in [2.45, 2.75) is 0 Å². The molecule has 0 aromatic rings. The minimum atomic E-state index is 0. The van der Waals surface area contributed by atoms with Crippen LogP contribution in [0.4, 0.5) is 0 Å². The quantitative estimate of drug-likeness (QED) is 0.211. The van der Waals surface area contributed by atoms with Crippen molar-refractivity contribution in [1.82, 2.24) is 0 Å². The summed E-state index contributed by atoms with van der Waals surface area (Å²) in [7, 11) is 0. The molecule has 5 heavy (non-hydrogen) atoms. The van der Waals surface area contributed by atoms with Crippen molar-refractivity contribution in [3.63, 3.8) is 0 Å². The fraction of sp³-hybridized carbons (Fsp3) is 0. The van der Waals surface area contributed by atoms with Crippen LogP contribution in [0.5, 0.6) is 0 Å². The van der Waals surface area contributed by atoms with Crippen molar-refractivity contribution in [3.8, 4) is 0 Å². The first kappa shape index (κ1) is 7.26. The molecule has 0 aromatic carbocycles. The summed E-state index contributed by atoms with van der Waals surface area (Å²) in [6.45, 7) is 0. The van der Waals surface area contributed by atoms with Crippen molar-refractivity contribution in [1.29, 1.82) is 0 Å². The average Bonchev–Trinajstić information content (AvgIpc) is 0.722. The molecule has 0 saturated carbocycles. The Morgan fingerprint density at radius 3 is 1.20 bits per heavy atom. The first-order chi connectivity index (χ1) is 2.00. The number of hydrogen-bond acceptors (Lipinski definition) is 4. The molecule has 1 heterocycles. The molecule has 0 aromatic heterocycles. The summed E-state index contributed by atoms with van der Waals surface area (Å²) in [5, 5.41) is 0. The van der Waals surface area contributed by atoms with Crippen LogP contribution in [0.1, 0.15) is 0 Å². The van der Waals surface area contributed by atoms with E-state index >= 15 is 0 Å². The van der Waals surface area contributed by atoms with Crippen LogP contribution >= 0.6 is 22.1 Å². The van der Waals surface area contributed by atoms with Crippen molar-refractivity contribution in [2.75, 3.05) is 0 Å². The van der Waals surface area contributed by atoms with E-state index in [4.69, 9.17) is 0 Å². The van der Waals surface area contributed by atoms with E-state index in [9.17, 15) is 0 Å². The normalized spacial score (nSPS) is 19.2. The largest absolute Gasteiger partial charge is 0.136 e. The van der Waals surface area contributed by atoms with Crippen LogP contribution < -0.4 is 0 Å². The summed E-state index contributed by atoms with van der Waals surface area (Å²) in [5.41, 5.74) is 0. The van der Waals surface area contributed by atoms with Gasteiger partial charge in [0.2, 0.25) is 0 Å². The van der Waals surface area contributed by atoms with Gasteiger partial charge in [0.15, 0.2) is 0 Å². The summed E-state index contributed by atoms with van der Waals surface area (Å²) >= 11 is 2.46. The molecule has 25 valence electrons. The second-order valence-electron chi connectivity index (χ2n) is 0.272. The Morgan fingerprint density at radius 2 is 1.20 bits per heavy atom. The summed E-state index contributed by atoms with van der Waals surface area (Å²) in [4.78, 5) is 0. The summed E-state index contributed by atoms with van der Waals surface area (Å²) < 4.78 is 8.20. The summed E-state index contributed by atoms with van der Waals surface area (Å²) in [6.07, 6.45) is 0. The molecule has 2 nitrogen and oxygen atoms in total. The van der Waals surface area contributed by atoms with E-state index in [1.807, 2.05) is 0 Å². The Balaban J connectivity index is 0.000000160. The van der Waals surface area contributed by atoms with Gasteiger partial charge in [-0.15, -0.1) is 8.67 Å². The third kappa shape index (κ3) is 2.90. The van der Waals surface area contributed by atoms with Crippen LogP contribution in [-0.4, -0.2) is 51.4 Å². The minimum absolute atomic E-state index is 0. The van der Waals surface area contributed by atoms with E-state index in [0.717, 1.165) is 0 Å². The average molecular weight is 135 g/mol. The van der Waals surface area contributed by atoms with E-state index in [-0.39, 0.29) is 51.4 Å². The van der Waals surface area contributed by atoms with Crippen LogP contribution in [0.2, 0.25) is 0 Å². The fourth-order valence-corrected chi connectivity index (χ4v) is 0.250. The predicted molar refractivity (Wildman–Crippen MR) is 23.1 cm³/mol. The summed E-state index contributed by atoms with van der Waals surface area (Å²) in [6, 6.07) is 0. The summed E-state index contributed by atoms with van der Waals surface area (Å²) in [5.74, 6) is 0. The molecular weight excluding hydrogens is 135 g/mol. The molecule has 0 aliphatic carbocycles. The SMILES string of the molecule is O1OSS1.[K]. The molecule has 1 aliphatic rings. The van der Waals surface area contributed by atoms with Crippen LogP contribution in [0.25, 0.3) is 0 Å². The van der Waals surface area contributed by atoms with E-state index in [1.54, 1.807) is 0 Å². The molecule has 1 saturated heterocycles. The Labute approximate surface area is 80.5 Å². The zero-order chi connectivity index (χ0) is 2.83. The van der Waals surface area contributed by atoms with Crippen molar-refractivity contribution in [2.24, 2.45) is 0 Å². The fourth-order valence-electron chi connectivity index (χ4n) is 0.0278. The Bertz CT molecular complexity index is 15.6. The van der Waals surface area contributed by atoms with Gasteiger partial charge >= 0.3 is 0 Å². The molecule has 1 radical (unpaired) electrons. The molecule has 0 spiro atoms. The van der Waals surface area contributed by atoms with Crippen LogP contribution in [0.3, 0.4) is 0 Å². The van der Waals surface area contributed by atoms with Gasteiger partial charge in [-0.25, -0.2) is 0 Å². The third-order valence-electron chi connectivity index (χ3n) is 0.111. The Hall–Kier alpha value is 2.26. The van der Waals surface area contributed by atoms with Crippen molar-refractivity contribution >= 4 is 73.5 Å². The van der Waals surface area contributed by atoms with Gasteiger partial charge < -0.3 is 0 Å². The Morgan fingerprint density at radius 1 is 1.00 bits per heavy atom. The van der Waals surface area contributed by atoms with Gasteiger partial charge in [0, 0.05) is 51.4 Å². The number of hydrogen-bond donors (Lipinski definition) is 0. The first-order valence-corrected chi connectivity index (χ1v) is 2.67. The molecule has 0 atom stereocenters. The van der Waals surface area contributed by atoms with E-state index in [0.29, 0.717) is 0 Å². The molecule has 0 unspecified atom stereocenters. The second kappa shape index (κ2) is 4.42. The van der Waals surface area contributed by atoms with E-state index in [2.05, 4.69) is 8.67 Å². The molecule has 0 amide bonds. The van der Waals surface area contributed by atoms with E-state index in [1.165, 1.54) is 22.1 Å². The molecule has 1 rings (SSSR count). The zero-order valence-corrected chi connectivity index (χ0v) is 7.39. The van der Waals surface area contributed by atoms with Gasteiger partial charge in [-0.05, 0) is 0 Å². The van der Waals surface area contributed by atoms with Gasteiger partial charge in [-0.3, -0.25) is 0 Å². The third-order valence-corrected chi connectivity index (χ3v) is 1.00. The standard InChI is InChI=1S/K.O2S2/c;1-2-4-3-1. The van der Waals surface area contributed by atoms with E-state index < -0.39 is 0 Å². The molecule has 5 heteroatoms. The maximum absolute atomic E-state index is 4.10. The molecule has 0 N–H and O–H groups in total. The smallest absolute Gasteiger partial charge is 0.136 e. The molecular formula is KO2S2. The topological polar surface area (TPSA) is 18.5 Å². The number of rotatable bonds is 0. The monoisotopic (exact) mass is 135 g/mol. The minimum Gasteiger partial charge on any atom is -0.136 e. The Kier molecular flexibility index (Phi) is 6.41. The zero-order valence-electron chi connectivity index (χ0n) is 2.63. The maximum Gasteiger partial charge on any atom is 0.136 e. The molecule has 1 aliphatic heterocycles. The van der Waals surface area contributed by atoms with Gasteiger partial charge in [0.25, 0.3) is 0 Å². The first-order valence-electron chi connectivity index (χ1n) is 0.667. The van der Waals surface area contributed by atoms with Crippen LogP contribution in [0.15, 0.2) is 0 Å². The van der Waals surface area contributed by atoms with Gasteiger partial charge in [-0.1, -0.05) is 0 Å².